The molecule has 0 spiro atoms. The number of fused-ring (bicyclic) bond motifs is 2. The van der Waals surface area contributed by atoms with E-state index in [1.165, 1.54) is 0 Å². The van der Waals surface area contributed by atoms with Crippen molar-refractivity contribution in [3.05, 3.63) is 36.2 Å². The van der Waals surface area contributed by atoms with Gasteiger partial charge in [0, 0.05) is 17.4 Å². The smallest absolute Gasteiger partial charge is 0.309 e. The molecule has 25 heavy (non-hydrogen) atoms. The van der Waals surface area contributed by atoms with E-state index in [1.54, 1.807) is 0 Å². The number of ether oxygens (including phenoxy) is 1. The molecule has 1 heterocycles. The highest BCUT2D eigenvalue weighted by Gasteiger charge is 2.41. The number of esters is 1. The molecule has 0 aliphatic heterocycles. The molecule has 0 saturated heterocycles. The number of Topliss-reactive ketones (excluding diaryl/α,β-unsaturated/α-hetero) is 1. The van der Waals surface area contributed by atoms with Crippen LogP contribution in [0.4, 0.5) is 0 Å². The first-order chi connectivity index (χ1) is 12.2. The number of carbonyl (C=O) groups excluding carboxylic acids is 2. The average molecular weight is 340 g/mol. The lowest BCUT2D eigenvalue weighted by Gasteiger charge is -2.36. The van der Waals surface area contributed by atoms with Gasteiger partial charge < -0.3 is 9.15 Å². The summed E-state index contributed by atoms with van der Waals surface area (Å²) in [6, 6.07) is 9.44. The van der Waals surface area contributed by atoms with Crippen LogP contribution in [0.15, 0.2) is 34.7 Å². The number of benzene rings is 1. The van der Waals surface area contributed by atoms with E-state index in [0.29, 0.717) is 24.5 Å². The van der Waals surface area contributed by atoms with Gasteiger partial charge in [-0.05, 0) is 37.8 Å². The summed E-state index contributed by atoms with van der Waals surface area (Å²) in [5.74, 6) is 0.660. The summed E-state index contributed by atoms with van der Waals surface area (Å²) in [4.78, 5) is 24.5. The lowest BCUT2D eigenvalue weighted by atomic mass is 9.67. The molecule has 4 rings (SSSR count). The number of ketones is 1. The first kappa shape index (κ1) is 16.0. The zero-order valence-electron chi connectivity index (χ0n) is 13.9. The van der Waals surface area contributed by atoms with Crippen molar-refractivity contribution < 1.29 is 18.7 Å². The molecule has 0 amide bonds. The highest BCUT2D eigenvalue weighted by Crippen LogP contribution is 2.40. The van der Waals surface area contributed by atoms with Crippen molar-refractivity contribution in [2.75, 3.05) is 0 Å². The van der Waals surface area contributed by atoms with E-state index in [4.69, 9.17) is 9.15 Å². The number of aromatic nitrogens is 2. The van der Waals surface area contributed by atoms with E-state index in [2.05, 4.69) is 10.2 Å². The van der Waals surface area contributed by atoms with Crippen molar-refractivity contribution in [1.29, 1.82) is 0 Å². The van der Waals surface area contributed by atoms with Crippen molar-refractivity contribution in [2.24, 2.45) is 17.8 Å². The molecule has 0 radical (unpaired) electrons. The predicted octanol–water partition coefficient (Wildman–Crippen LogP) is 3.18. The monoisotopic (exact) mass is 340 g/mol. The Kier molecular flexibility index (Phi) is 4.34. The summed E-state index contributed by atoms with van der Waals surface area (Å²) in [5.41, 5.74) is 0.825. The van der Waals surface area contributed by atoms with Gasteiger partial charge in [-0.15, -0.1) is 10.2 Å². The topological polar surface area (TPSA) is 82.3 Å². The molecule has 3 atom stereocenters. The quantitative estimate of drug-likeness (QED) is 0.795. The van der Waals surface area contributed by atoms with E-state index in [9.17, 15) is 9.59 Å². The normalized spacial score (nSPS) is 25.6. The van der Waals surface area contributed by atoms with E-state index in [0.717, 1.165) is 24.8 Å². The van der Waals surface area contributed by atoms with Crippen LogP contribution < -0.4 is 0 Å². The lowest BCUT2D eigenvalue weighted by molar-refractivity contribution is -0.155. The summed E-state index contributed by atoms with van der Waals surface area (Å²) >= 11 is 0. The van der Waals surface area contributed by atoms with Gasteiger partial charge in [-0.25, -0.2) is 0 Å². The third-order valence-corrected chi connectivity index (χ3v) is 5.21. The number of nitrogens with zero attached hydrogens (tertiary/aromatic N) is 2. The van der Waals surface area contributed by atoms with Crippen LogP contribution in [0.5, 0.6) is 0 Å². The lowest BCUT2D eigenvalue weighted by Crippen LogP contribution is -2.39. The fraction of sp³-hybridized carbons (Fsp3) is 0.474. The van der Waals surface area contributed by atoms with E-state index >= 15 is 0 Å². The van der Waals surface area contributed by atoms with Crippen LogP contribution in [0.1, 0.15) is 38.0 Å². The summed E-state index contributed by atoms with van der Waals surface area (Å²) in [6.45, 7) is -0.0293. The first-order valence-corrected chi connectivity index (χ1v) is 8.79. The fourth-order valence-electron chi connectivity index (χ4n) is 3.93. The maximum absolute atomic E-state index is 12.4. The van der Waals surface area contributed by atoms with Gasteiger partial charge in [0.1, 0.15) is 5.78 Å². The van der Waals surface area contributed by atoms with E-state index < -0.39 is 0 Å². The zero-order chi connectivity index (χ0) is 17.2. The van der Waals surface area contributed by atoms with Gasteiger partial charge in [-0.1, -0.05) is 24.6 Å². The molecule has 2 saturated carbocycles. The predicted molar refractivity (Wildman–Crippen MR) is 88.1 cm³/mol. The minimum absolute atomic E-state index is 0.0293. The Labute approximate surface area is 145 Å². The Bertz CT molecular complexity index is 755. The molecule has 1 aromatic carbocycles. The molecule has 130 valence electrons. The molecule has 6 heteroatoms. The molecule has 2 aliphatic carbocycles. The molecule has 2 aliphatic rings. The van der Waals surface area contributed by atoms with Crippen molar-refractivity contribution >= 4 is 11.8 Å². The number of hydrogen-bond acceptors (Lipinski definition) is 6. The SMILES string of the molecule is O=C(OCc1nnc(-c2ccccc2)o1)C1C[C@H]2CCC[C@@H](C1)C2=O. The zero-order valence-corrected chi connectivity index (χ0v) is 13.9. The summed E-state index contributed by atoms with van der Waals surface area (Å²) in [7, 11) is 0. The second-order valence-corrected chi connectivity index (χ2v) is 6.87. The van der Waals surface area contributed by atoms with Crippen molar-refractivity contribution in [3.63, 3.8) is 0 Å². The van der Waals surface area contributed by atoms with Crippen molar-refractivity contribution in [2.45, 2.75) is 38.7 Å². The number of rotatable bonds is 4. The van der Waals surface area contributed by atoms with Crippen LogP contribution in [-0.2, 0) is 20.9 Å². The van der Waals surface area contributed by atoms with Gasteiger partial charge in [0.15, 0.2) is 6.61 Å². The van der Waals surface area contributed by atoms with Gasteiger partial charge in [0.05, 0.1) is 5.92 Å². The second-order valence-electron chi connectivity index (χ2n) is 6.87. The van der Waals surface area contributed by atoms with Gasteiger partial charge in [-0.2, -0.15) is 0 Å². The Morgan fingerprint density at radius 3 is 2.56 bits per heavy atom. The molecular weight excluding hydrogens is 320 g/mol. The number of carbonyl (C=O) groups is 2. The minimum Gasteiger partial charge on any atom is -0.455 e. The molecular formula is C19H20N2O4. The molecule has 2 fully saturated rings. The standard InChI is InChI=1S/C19H20N2O4/c22-17-13-7-4-8-14(17)10-15(9-13)19(23)24-11-16-20-21-18(25-16)12-5-2-1-3-6-12/h1-3,5-6,13-15H,4,7-11H2/t13-,14+,15?. The van der Waals surface area contributed by atoms with E-state index in [-0.39, 0.29) is 36.2 Å². The molecule has 2 bridgehead atoms. The highest BCUT2D eigenvalue weighted by molar-refractivity contribution is 5.87. The minimum atomic E-state index is -0.260. The second kappa shape index (κ2) is 6.78. The van der Waals surface area contributed by atoms with Crippen LogP contribution in [0.2, 0.25) is 0 Å². The van der Waals surface area contributed by atoms with Crippen molar-refractivity contribution in [3.8, 4) is 11.5 Å². The Balaban J connectivity index is 1.35. The van der Waals surface area contributed by atoms with Crippen LogP contribution in [0.3, 0.4) is 0 Å². The van der Waals surface area contributed by atoms with Gasteiger partial charge in [0.25, 0.3) is 5.89 Å². The molecule has 6 nitrogen and oxygen atoms in total. The number of hydrogen-bond donors (Lipinski definition) is 0. The third kappa shape index (κ3) is 3.34. The van der Waals surface area contributed by atoms with Crippen molar-refractivity contribution in [1.82, 2.24) is 10.2 Å². The van der Waals surface area contributed by atoms with Crippen LogP contribution in [0, 0.1) is 17.8 Å². The average Bonchev–Trinajstić information content (AvgIpc) is 3.09. The van der Waals surface area contributed by atoms with Crippen LogP contribution in [-0.4, -0.2) is 21.9 Å². The first-order valence-electron chi connectivity index (χ1n) is 8.79. The largest absolute Gasteiger partial charge is 0.455 e. The maximum Gasteiger partial charge on any atom is 0.309 e. The molecule has 1 aromatic heterocycles. The fourth-order valence-corrected chi connectivity index (χ4v) is 3.93. The summed E-state index contributed by atoms with van der Waals surface area (Å²) in [6.07, 6.45) is 4.14. The Morgan fingerprint density at radius 2 is 1.84 bits per heavy atom. The van der Waals surface area contributed by atoms with Crippen LogP contribution >= 0.6 is 0 Å². The van der Waals surface area contributed by atoms with Gasteiger partial charge in [-0.3, -0.25) is 9.59 Å². The van der Waals surface area contributed by atoms with Gasteiger partial charge >= 0.3 is 5.97 Å². The summed E-state index contributed by atoms with van der Waals surface area (Å²) < 4.78 is 10.9. The third-order valence-electron chi connectivity index (χ3n) is 5.21. The molecule has 0 N–H and O–H groups in total. The van der Waals surface area contributed by atoms with Crippen LogP contribution in [0.25, 0.3) is 11.5 Å². The maximum atomic E-state index is 12.4. The highest BCUT2D eigenvalue weighted by atomic mass is 16.5. The molecule has 2 aromatic rings. The Morgan fingerprint density at radius 1 is 1.12 bits per heavy atom. The Hall–Kier alpha value is -2.50. The van der Waals surface area contributed by atoms with E-state index in [1.807, 2.05) is 30.3 Å². The molecule has 1 unspecified atom stereocenters. The van der Waals surface area contributed by atoms with Gasteiger partial charge in [0.2, 0.25) is 5.89 Å². The summed E-state index contributed by atoms with van der Waals surface area (Å²) in [5, 5.41) is 7.91.